The highest BCUT2D eigenvalue weighted by molar-refractivity contribution is 6.47. The quantitative estimate of drug-likeness (QED) is 0.0286. The number of nitrogens with zero attached hydrogens (tertiary/aromatic N) is 9. The summed E-state index contributed by atoms with van der Waals surface area (Å²) in [5, 5.41) is 44.8. The van der Waals surface area contributed by atoms with Gasteiger partial charge in [0.2, 0.25) is 35.0 Å². The standard InChI is InChI=1S/C19H17Cl2N5O4.C17H12Cl2N6O4.C13H13Cl2N3O2.C6H8N2O3/c1-9(2)12-6-16(25-26-18(12)28)30-17-13(20)4-11(5-14(17)21)8-23-15(7-22)19(29)24-10(3)27;1-7(2)9-5-13(22-23-15(9)26)29-14-10(18)3-8(4-11(14)19)25-17(28)21-16(27)12(6-20)24-25;1-6(2)8-5-11(17-18-13(8)19)20-12-9(14)3-7(16)4-10(12)15;1-3-11-6(10)8-5(9)4-7-2/h4-6,9H,8H2,1-3H3,(H,26,28)(H,24,27,29);3-5,7H,1-2H3,(H,23,26)(H,21,27,28);3-6H,16H2,1-2H3,(H,18,19);3-4H2,1H3,(H,8,9,10). The first kappa shape index (κ1) is 72.5. The number of hydrogen-bond acceptors (Lipinski definition) is 21. The van der Waals surface area contributed by atoms with Crippen molar-refractivity contribution < 1.29 is 38.1 Å². The molecule has 7 aromatic rings. The Morgan fingerprint density at radius 1 is 0.667 bits per heavy atom. The molecule has 3 aromatic carbocycles. The lowest BCUT2D eigenvalue weighted by molar-refractivity contribution is -0.125. The predicted octanol–water partition coefficient (Wildman–Crippen LogP) is 8.97. The van der Waals surface area contributed by atoms with Crippen molar-refractivity contribution >= 4 is 105 Å². The Morgan fingerprint density at radius 3 is 1.44 bits per heavy atom. The van der Waals surface area contributed by atoms with Gasteiger partial charge in [-0.05, 0) is 66.6 Å². The first-order chi connectivity index (χ1) is 42.4. The summed E-state index contributed by atoms with van der Waals surface area (Å²) in [6, 6.07) is 16.4. The first-order valence-corrected chi connectivity index (χ1v) is 27.9. The van der Waals surface area contributed by atoms with E-state index < -0.39 is 46.5 Å². The molecular weight excluding hydrogens is 1310 g/mol. The number of imide groups is 2. The van der Waals surface area contributed by atoms with Crippen LogP contribution in [0.1, 0.15) is 101 Å². The minimum Gasteiger partial charge on any atom is -0.450 e. The molecule has 0 aliphatic carbocycles. The van der Waals surface area contributed by atoms with Crippen molar-refractivity contribution in [2.75, 3.05) is 18.9 Å². The fourth-order valence-corrected chi connectivity index (χ4v) is 8.54. The van der Waals surface area contributed by atoms with Gasteiger partial charge in [0.15, 0.2) is 17.2 Å². The normalized spacial score (nSPS) is 10.6. The van der Waals surface area contributed by atoms with Crippen LogP contribution in [0.25, 0.3) is 10.5 Å². The molecule has 0 spiro atoms. The molecular formula is C55H50Cl6N16O13. The van der Waals surface area contributed by atoms with Gasteiger partial charge in [-0.2, -0.15) is 15.2 Å². The number of nitriles is 2. The van der Waals surface area contributed by atoms with Gasteiger partial charge in [-0.1, -0.05) is 111 Å². The van der Waals surface area contributed by atoms with Gasteiger partial charge in [-0.15, -0.1) is 20.4 Å². The highest BCUT2D eigenvalue weighted by Gasteiger charge is 2.20. The highest BCUT2D eigenvalue weighted by Crippen LogP contribution is 2.40. The van der Waals surface area contributed by atoms with Crippen LogP contribution in [-0.4, -0.2) is 88.0 Å². The minimum atomic E-state index is -0.906. The molecule has 4 heterocycles. The highest BCUT2D eigenvalue weighted by atomic mass is 35.5. The van der Waals surface area contributed by atoms with E-state index in [1.54, 1.807) is 25.1 Å². The van der Waals surface area contributed by atoms with E-state index in [1.165, 1.54) is 48.5 Å². The van der Waals surface area contributed by atoms with Crippen LogP contribution in [0.3, 0.4) is 0 Å². The van der Waals surface area contributed by atoms with E-state index in [4.69, 9.17) is 107 Å². The number of aliphatic imine (C=N–C) groups is 1. The van der Waals surface area contributed by atoms with Crippen LogP contribution in [0.5, 0.6) is 34.9 Å². The molecule has 35 heteroatoms. The Bertz CT molecular complexity index is 4260. The Kier molecular flexibility index (Phi) is 27.4. The summed E-state index contributed by atoms with van der Waals surface area (Å²) in [5.41, 5.74) is 4.53. The second-order valence-corrected chi connectivity index (χ2v) is 21.1. The number of alkyl carbamates (subject to hydrolysis) is 1. The fourth-order valence-electron chi connectivity index (χ4n) is 6.79. The average Bonchev–Trinajstić information content (AvgIpc) is 1.54. The number of aromatic amines is 4. The molecule has 0 unspecified atom stereocenters. The maximum atomic E-state index is 12.0. The third-order valence-corrected chi connectivity index (χ3v) is 12.6. The Morgan fingerprint density at radius 2 is 1.08 bits per heavy atom. The zero-order chi connectivity index (χ0) is 67.3. The second kappa shape index (κ2) is 34.0. The molecule has 0 bridgehead atoms. The molecule has 4 aromatic heterocycles. The molecule has 4 amide bonds. The van der Waals surface area contributed by atoms with Gasteiger partial charge >= 0.3 is 17.7 Å². The molecule has 7 rings (SSSR count). The van der Waals surface area contributed by atoms with E-state index in [9.17, 15) is 43.2 Å². The molecule has 0 aliphatic heterocycles. The van der Waals surface area contributed by atoms with E-state index in [1.807, 2.05) is 57.2 Å². The van der Waals surface area contributed by atoms with Gasteiger partial charge in [0.1, 0.15) is 12.1 Å². The van der Waals surface area contributed by atoms with Crippen molar-refractivity contribution in [1.29, 1.82) is 10.5 Å². The number of rotatable bonds is 15. The summed E-state index contributed by atoms with van der Waals surface area (Å²) in [6.45, 7) is 20.0. The topological polar surface area (TPSA) is 425 Å². The number of ether oxygens (including phenoxy) is 4. The van der Waals surface area contributed by atoms with E-state index in [0.29, 0.717) is 27.9 Å². The number of nitrogen functional groups attached to an aromatic ring is 1. The van der Waals surface area contributed by atoms with Crippen LogP contribution < -0.4 is 58.5 Å². The Balaban J connectivity index is 0.000000270. The van der Waals surface area contributed by atoms with Crippen LogP contribution >= 0.6 is 69.6 Å². The second-order valence-electron chi connectivity index (χ2n) is 18.7. The number of carbonyl (C=O) groups excluding carboxylic acids is 4. The van der Waals surface area contributed by atoms with Crippen LogP contribution in [0.2, 0.25) is 30.1 Å². The Hall–Kier alpha value is -9.93. The van der Waals surface area contributed by atoms with Crippen LogP contribution in [0.15, 0.2) is 83.6 Å². The maximum absolute atomic E-state index is 12.0. The average molecular weight is 1360 g/mol. The summed E-state index contributed by atoms with van der Waals surface area (Å²) in [5.74, 6) is -1.42. The summed E-state index contributed by atoms with van der Waals surface area (Å²) >= 11 is 37.0. The van der Waals surface area contributed by atoms with Crippen LogP contribution in [0, 0.1) is 29.2 Å². The number of nitrogens with two attached hydrogens (primary N) is 1. The fraction of sp³-hybridized carbons (Fsp3) is 0.255. The summed E-state index contributed by atoms with van der Waals surface area (Å²) < 4.78 is 21.9. The van der Waals surface area contributed by atoms with Crippen molar-refractivity contribution in [3.05, 3.63) is 176 Å². The number of amides is 4. The molecule has 0 fully saturated rings. The van der Waals surface area contributed by atoms with Gasteiger partial charge in [0.25, 0.3) is 34.7 Å². The lowest BCUT2D eigenvalue weighted by Gasteiger charge is -2.12. The number of hydrogen-bond donors (Lipinski definition) is 7. The van der Waals surface area contributed by atoms with Crippen molar-refractivity contribution in [3.8, 4) is 52.7 Å². The van der Waals surface area contributed by atoms with Crippen molar-refractivity contribution in [2.24, 2.45) is 4.99 Å². The number of halogens is 6. The number of aromatic nitrogens is 9. The van der Waals surface area contributed by atoms with Gasteiger partial charge in [0.05, 0.1) is 49.0 Å². The molecule has 0 saturated heterocycles. The number of carbonyl (C=O) groups is 4. The SMILES string of the molecule is CC(=O)NC(=O)C(C#N)=NCc1cc(Cl)c(Oc2cc(C(C)C)c(=O)[nH]n2)c(Cl)c1.CC(C)c1cc(Oc2c(Cl)cc(-n3nc(C#N)c(=O)[nH]c3=O)cc2Cl)n[nH]c1=O.CC(C)c1cc(Oc2c(Cl)cc(N)cc2Cl)n[nH]c1=O.[C-]#[N+]CC(=O)NC(=O)OCC. The van der Waals surface area contributed by atoms with Gasteiger partial charge in [-0.25, -0.2) is 31.5 Å². The monoisotopic (exact) mass is 1350 g/mol. The first-order valence-electron chi connectivity index (χ1n) is 25.7. The molecule has 29 nitrogen and oxygen atoms in total. The molecule has 0 aliphatic rings. The third-order valence-electron chi connectivity index (χ3n) is 10.9. The summed E-state index contributed by atoms with van der Waals surface area (Å²) in [4.78, 5) is 111. The van der Waals surface area contributed by atoms with Crippen molar-refractivity contribution in [2.45, 2.75) is 79.7 Å². The van der Waals surface area contributed by atoms with E-state index in [0.717, 1.165) is 11.6 Å². The molecule has 90 heavy (non-hydrogen) atoms. The number of nitrogens with one attached hydrogen (secondary N) is 6. The number of H-pyrrole nitrogens is 4. The van der Waals surface area contributed by atoms with Gasteiger partial charge < -0.3 is 29.5 Å². The van der Waals surface area contributed by atoms with Crippen molar-refractivity contribution in [1.82, 2.24) is 56.0 Å². The molecule has 0 saturated carbocycles. The van der Waals surface area contributed by atoms with E-state index in [-0.39, 0.29) is 125 Å². The van der Waals surface area contributed by atoms with Crippen LogP contribution in [-0.2, 0) is 25.7 Å². The van der Waals surface area contributed by atoms with E-state index >= 15 is 0 Å². The smallest absolute Gasteiger partial charge is 0.414 e. The predicted molar refractivity (Wildman–Crippen MR) is 332 cm³/mol. The summed E-state index contributed by atoms with van der Waals surface area (Å²) in [7, 11) is 0. The minimum absolute atomic E-state index is 0.00463. The molecule has 8 N–H and O–H groups in total. The Labute approximate surface area is 538 Å². The van der Waals surface area contributed by atoms with Crippen LogP contribution in [0.4, 0.5) is 10.5 Å². The lowest BCUT2D eigenvalue weighted by atomic mass is 10.1. The number of anilines is 1. The lowest BCUT2D eigenvalue weighted by Crippen LogP contribution is -2.33. The van der Waals surface area contributed by atoms with Crippen molar-refractivity contribution in [3.63, 3.8) is 0 Å². The van der Waals surface area contributed by atoms with Gasteiger partial charge in [-0.3, -0.25) is 54.2 Å². The van der Waals surface area contributed by atoms with Gasteiger partial charge in [0, 0.05) is 47.5 Å². The zero-order valence-corrected chi connectivity index (χ0v) is 52.8. The largest absolute Gasteiger partial charge is 0.450 e. The summed E-state index contributed by atoms with van der Waals surface area (Å²) in [6.07, 6.45) is -0.804. The zero-order valence-electron chi connectivity index (χ0n) is 48.2. The molecule has 470 valence electrons. The third kappa shape index (κ3) is 21.2. The van der Waals surface area contributed by atoms with E-state index in [2.05, 4.69) is 50.3 Å². The molecule has 0 atom stereocenters. The number of benzene rings is 3. The molecule has 0 radical (unpaired) electrons. The maximum Gasteiger partial charge on any atom is 0.414 e.